The lowest BCUT2D eigenvalue weighted by Crippen LogP contribution is -2.52. The maximum Gasteiger partial charge on any atom is 0.511 e. The molecule has 2 aliphatic heterocycles. The van der Waals surface area contributed by atoms with Crippen LogP contribution in [-0.4, -0.2) is 39.9 Å². The molecule has 1 aromatic rings. The summed E-state index contributed by atoms with van der Waals surface area (Å²) in [5, 5.41) is 10.9. The number of carbonyl (C=O) groups is 4. The number of amides is 3. The molecule has 0 aromatic heterocycles. The zero-order valence-corrected chi connectivity index (χ0v) is 11.4. The minimum absolute atomic E-state index is 0.0733. The number of carboxylic acid groups (broad SMARTS) is 1. The summed E-state index contributed by atoms with van der Waals surface area (Å²) in [6, 6.07) is 3.78. The second-order valence-corrected chi connectivity index (χ2v) is 5.05. The van der Waals surface area contributed by atoms with Crippen molar-refractivity contribution in [3.63, 3.8) is 0 Å². The third kappa shape index (κ3) is 2.28. The number of nitrogens with one attached hydrogen (secondary N) is 1. The minimum Gasteiger partial charge on any atom is -0.449 e. The van der Waals surface area contributed by atoms with E-state index >= 15 is 0 Å². The summed E-state index contributed by atoms with van der Waals surface area (Å²) in [5.74, 6) is -1.17. The Balaban J connectivity index is 1.89. The van der Waals surface area contributed by atoms with Gasteiger partial charge in [0.2, 0.25) is 11.8 Å². The molecule has 8 nitrogen and oxygen atoms in total. The van der Waals surface area contributed by atoms with Crippen LogP contribution in [0.1, 0.15) is 28.8 Å². The zero-order chi connectivity index (χ0) is 15.9. The lowest BCUT2D eigenvalue weighted by molar-refractivity contribution is -0.136. The number of nitrogens with zero attached hydrogens (tertiary/aromatic N) is 1. The summed E-state index contributed by atoms with van der Waals surface area (Å²) < 4.78 is 4.67. The summed E-state index contributed by atoms with van der Waals surface area (Å²) in [5.41, 5.74) is 0.739. The van der Waals surface area contributed by atoms with Crippen LogP contribution in [0.5, 0.6) is 5.75 Å². The zero-order valence-electron chi connectivity index (χ0n) is 11.4. The fourth-order valence-corrected chi connectivity index (χ4v) is 2.75. The molecule has 22 heavy (non-hydrogen) atoms. The third-order valence-corrected chi connectivity index (χ3v) is 3.74. The van der Waals surface area contributed by atoms with Crippen molar-refractivity contribution < 1.29 is 29.0 Å². The number of piperidine rings is 1. The Morgan fingerprint density at radius 2 is 2.09 bits per heavy atom. The van der Waals surface area contributed by atoms with Gasteiger partial charge in [-0.05, 0) is 18.6 Å². The number of hydrogen-bond donors (Lipinski definition) is 2. The van der Waals surface area contributed by atoms with Gasteiger partial charge in [-0.25, -0.2) is 4.79 Å². The highest BCUT2D eigenvalue weighted by atomic mass is 16.7. The van der Waals surface area contributed by atoms with Crippen molar-refractivity contribution in [2.75, 3.05) is 0 Å². The highest BCUT2D eigenvalue weighted by Gasteiger charge is 2.40. The molecular weight excluding hydrogens is 292 g/mol. The first-order chi connectivity index (χ1) is 10.5. The van der Waals surface area contributed by atoms with Gasteiger partial charge in [-0.15, -0.1) is 0 Å². The molecule has 0 aliphatic carbocycles. The van der Waals surface area contributed by atoms with E-state index in [2.05, 4.69) is 10.1 Å². The number of hydrogen-bond acceptors (Lipinski definition) is 5. The van der Waals surface area contributed by atoms with Gasteiger partial charge < -0.3 is 14.7 Å². The van der Waals surface area contributed by atoms with E-state index in [9.17, 15) is 19.2 Å². The van der Waals surface area contributed by atoms with E-state index in [-0.39, 0.29) is 37.0 Å². The summed E-state index contributed by atoms with van der Waals surface area (Å²) in [6.07, 6.45) is -1.06. The summed E-state index contributed by atoms with van der Waals surface area (Å²) in [7, 11) is 0. The number of imide groups is 1. The first-order valence-corrected chi connectivity index (χ1v) is 6.64. The molecule has 1 fully saturated rings. The van der Waals surface area contributed by atoms with Crippen LogP contribution in [-0.2, 0) is 16.1 Å². The minimum atomic E-state index is -1.47. The molecule has 2 aliphatic rings. The Bertz CT molecular complexity index is 699. The van der Waals surface area contributed by atoms with E-state index in [0.29, 0.717) is 11.1 Å². The molecule has 1 aromatic carbocycles. The molecule has 114 valence electrons. The first-order valence-electron chi connectivity index (χ1n) is 6.64. The van der Waals surface area contributed by atoms with E-state index in [1.165, 1.54) is 17.0 Å². The maximum atomic E-state index is 12.4. The van der Waals surface area contributed by atoms with Crippen molar-refractivity contribution in [2.24, 2.45) is 0 Å². The van der Waals surface area contributed by atoms with Crippen LogP contribution in [0.15, 0.2) is 18.2 Å². The number of benzene rings is 1. The van der Waals surface area contributed by atoms with Crippen molar-refractivity contribution in [1.29, 1.82) is 0 Å². The fourth-order valence-electron chi connectivity index (χ4n) is 2.75. The predicted molar refractivity (Wildman–Crippen MR) is 71.1 cm³/mol. The van der Waals surface area contributed by atoms with Crippen LogP contribution < -0.4 is 10.1 Å². The molecule has 8 heteroatoms. The number of carbonyl (C=O) groups excluding carboxylic acids is 3. The van der Waals surface area contributed by atoms with Gasteiger partial charge in [0.25, 0.3) is 5.91 Å². The van der Waals surface area contributed by atoms with Crippen LogP contribution in [0.25, 0.3) is 0 Å². The quantitative estimate of drug-likeness (QED) is 0.467. The van der Waals surface area contributed by atoms with Gasteiger partial charge >= 0.3 is 6.16 Å². The van der Waals surface area contributed by atoms with E-state index in [1.54, 1.807) is 6.07 Å². The van der Waals surface area contributed by atoms with Crippen LogP contribution in [0, 0.1) is 0 Å². The molecule has 1 unspecified atom stereocenters. The van der Waals surface area contributed by atoms with Gasteiger partial charge in [0.1, 0.15) is 11.8 Å². The largest absolute Gasteiger partial charge is 0.511 e. The van der Waals surface area contributed by atoms with Crippen LogP contribution in [0.4, 0.5) is 4.79 Å². The second kappa shape index (κ2) is 5.14. The first kappa shape index (κ1) is 14.1. The topological polar surface area (TPSA) is 113 Å². The third-order valence-electron chi connectivity index (χ3n) is 3.74. The van der Waals surface area contributed by atoms with Crippen molar-refractivity contribution >= 4 is 23.9 Å². The smallest absolute Gasteiger partial charge is 0.449 e. The second-order valence-electron chi connectivity index (χ2n) is 5.05. The monoisotopic (exact) mass is 304 g/mol. The average Bonchev–Trinajstić information content (AvgIpc) is 2.77. The molecule has 2 N–H and O–H groups in total. The van der Waals surface area contributed by atoms with Gasteiger partial charge in [-0.3, -0.25) is 19.7 Å². The number of fused-ring (bicyclic) bond motifs is 1. The normalized spacial score (nSPS) is 20.6. The SMILES string of the molecule is O=C1CCC(N2Cc3c(OC(=O)O)cccc3C2=O)C(=O)N1. The molecule has 0 saturated carbocycles. The van der Waals surface area contributed by atoms with E-state index < -0.39 is 18.1 Å². The molecule has 3 amide bonds. The Morgan fingerprint density at radius 1 is 1.32 bits per heavy atom. The number of ether oxygens (including phenoxy) is 1. The Morgan fingerprint density at radius 3 is 2.77 bits per heavy atom. The molecule has 0 radical (unpaired) electrons. The predicted octanol–water partition coefficient (Wildman–Crippen LogP) is 0.504. The van der Waals surface area contributed by atoms with Gasteiger partial charge in [0.15, 0.2) is 0 Å². The van der Waals surface area contributed by atoms with Crippen molar-refractivity contribution in [3.05, 3.63) is 29.3 Å². The summed E-state index contributed by atoms with van der Waals surface area (Å²) in [6.45, 7) is 0.0733. The molecule has 2 heterocycles. The molecule has 3 rings (SSSR count). The van der Waals surface area contributed by atoms with Crippen molar-refractivity contribution in [1.82, 2.24) is 10.2 Å². The van der Waals surface area contributed by atoms with Crippen LogP contribution in [0.3, 0.4) is 0 Å². The molecule has 1 atom stereocenters. The van der Waals surface area contributed by atoms with Gasteiger partial charge in [0.05, 0.1) is 6.54 Å². The van der Waals surface area contributed by atoms with Gasteiger partial charge in [-0.1, -0.05) is 6.07 Å². The lowest BCUT2D eigenvalue weighted by Gasteiger charge is -2.29. The highest BCUT2D eigenvalue weighted by molar-refractivity contribution is 6.05. The number of rotatable bonds is 2. The molecular formula is C14H12N2O6. The molecule has 0 spiro atoms. The molecule has 1 saturated heterocycles. The average molecular weight is 304 g/mol. The van der Waals surface area contributed by atoms with Crippen LogP contribution in [0.2, 0.25) is 0 Å². The van der Waals surface area contributed by atoms with Crippen molar-refractivity contribution in [3.8, 4) is 5.75 Å². The van der Waals surface area contributed by atoms with E-state index in [0.717, 1.165) is 0 Å². The Kier molecular flexibility index (Phi) is 3.28. The summed E-state index contributed by atoms with van der Waals surface area (Å²) in [4.78, 5) is 47.5. The molecule has 0 bridgehead atoms. The van der Waals surface area contributed by atoms with Gasteiger partial charge in [-0.2, -0.15) is 0 Å². The Hall–Kier alpha value is -2.90. The standard InChI is InChI=1S/C14H12N2O6/c17-11-5-4-9(12(18)15-11)16-6-8-7(13(16)19)2-1-3-10(8)22-14(20)21/h1-3,9H,4-6H2,(H,20,21)(H,15,17,18). The van der Waals surface area contributed by atoms with E-state index in [4.69, 9.17) is 5.11 Å². The summed E-state index contributed by atoms with van der Waals surface area (Å²) >= 11 is 0. The fraction of sp³-hybridized carbons (Fsp3) is 0.286. The Labute approximate surface area is 124 Å². The highest BCUT2D eigenvalue weighted by Crippen LogP contribution is 2.33. The van der Waals surface area contributed by atoms with E-state index in [1.807, 2.05) is 0 Å². The van der Waals surface area contributed by atoms with Crippen LogP contribution >= 0.6 is 0 Å². The lowest BCUT2D eigenvalue weighted by atomic mass is 10.0. The van der Waals surface area contributed by atoms with Gasteiger partial charge in [0, 0.05) is 17.5 Å². The maximum absolute atomic E-state index is 12.4. The van der Waals surface area contributed by atoms with Crippen molar-refractivity contribution in [2.45, 2.75) is 25.4 Å².